The molecule has 0 saturated carbocycles. The van der Waals surface area contributed by atoms with Crippen LogP contribution in [-0.4, -0.2) is 49.3 Å². The summed E-state index contributed by atoms with van der Waals surface area (Å²) in [7, 11) is 0. The quantitative estimate of drug-likeness (QED) is 0.826. The van der Waals surface area contributed by atoms with Crippen LogP contribution in [0.1, 0.15) is 36.8 Å². The van der Waals surface area contributed by atoms with Gasteiger partial charge >= 0.3 is 0 Å². The Balaban J connectivity index is 1.57. The molecule has 2 atom stereocenters. The van der Waals surface area contributed by atoms with Crippen molar-refractivity contribution in [3.05, 3.63) is 29.3 Å². The molecule has 0 aromatic heterocycles. The summed E-state index contributed by atoms with van der Waals surface area (Å²) in [6.07, 6.45) is 2.04. The predicted molar refractivity (Wildman–Crippen MR) is 104 cm³/mol. The van der Waals surface area contributed by atoms with Crippen molar-refractivity contribution in [2.45, 2.75) is 45.6 Å². The number of rotatable bonds is 5. The highest BCUT2D eigenvalue weighted by Gasteiger charge is 2.32. The third-order valence-corrected chi connectivity index (χ3v) is 5.88. The number of hydrogen-bond donors (Lipinski definition) is 2. The van der Waals surface area contributed by atoms with E-state index in [1.54, 1.807) is 4.90 Å². The third kappa shape index (κ3) is 4.87. The molecule has 1 aromatic rings. The maximum atomic E-state index is 12.6. The molecule has 6 heteroatoms. The minimum absolute atomic E-state index is 0.0598. The van der Waals surface area contributed by atoms with Crippen molar-refractivity contribution >= 4 is 17.5 Å². The molecule has 0 bridgehead atoms. The molecule has 0 aliphatic carbocycles. The molecule has 2 unspecified atom stereocenters. The maximum Gasteiger partial charge on any atom is 0.227 e. The second-order valence-corrected chi connectivity index (χ2v) is 7.77. The minimum atomic E-state index is -0.543. The Hall–Kier alpha value is -1.92. The Kier molecular flexibility index (Phi) is 6.50. The number of nitrogens with one attached hydrogen (secondary N) is 1. The number of aliphatic hydroxyl groups excluding tert-OH is 1. The minimum Gasteiger partial charge on any atom is -0.391 e. The zero-order chi connectivity index (χ0) is 19.4. The van der Waals surface area contributed by atoms with Gasteiger partial charge in [0.1, 0.15) is 0 Å². The molecule has 2 saturated heterocycles. The summed E-state index contributed by atoms with van der Waals surface area (Å²) in [5.74, 6) is -0.0859. The standard InChI is InChI=1S/C21H30N2O4/c1-14-3-5-18(11-15(14)2)23-13-17(4-6-20(23)25)21(26)22-12-19(24)16-7-9-27-10-8-16/h3,5,11,16-17,19,24H,4,6-10,12-13H2,1-2H3,(H,22,26). The molecule has 1 aromatic carbocycles. The van der Waals surface area contributed by atoms with Gasteiger partial charge in [-0.2, -0.15) is 0 Å². The molecule has 6 nitrogen and oxygen atoms in total. The van der Waals surface area contributed by atoms with Gasteiger partial charge in [-0.1, -0.05) is 6.07 Å². The van der Waals surface area contributed by atoms with Gasteiger partial charge in [0, 0.05) is 38.4 Å². The Morgan fingerprint density at radius 2 is 2.00 bits per heavy atom. The van der Waals surface area contributed by atoms with Crippen LogP contribution < -0.4 is 10.2 Å². The fraction of sp³-hybridized carbons (Fsp3) is 0.619. The number of benzene rings is 1. The van der Waals surface area contributed by atoms with E-state index in [1.807, 2.05) is 32.0 Å². The van der Waals surface area contributed by atoms with Crippen LogP contribution in [0.15, 0.2) is 18.2 Å². The van der Waals surface area contributed by atoms with Gasteiger partial charge in [-0.25, -0.2) is 0 Å². The first-order valence-corrected chi connectivity index (χ1v) is 9.87. The summed E-state index contributed by atoms with van der Waals surface area (Å²) in [5.41, 5.74) is 3.16. The van der Waals surface area contributed by atoms with Crippen LogP contribution in [0.5, 0.6) is 0 Å². The molecular formula is C21H30N2O4. The average molecular weight is 374 g/mol. The Morgan fingerprint density at radius 3 is 2.70 bits per heavy atom. The predicted octanol–water partition coefficient (Wildman–Crippen LogP) is 1.95. The first kappa shape index (κ1) is 19.8. The molecule has 2 fully saturated rings. The number of aryl methyl sites for hydroxylation is 2. The second-order valence-electron chi connectivity index (χ2n) is 7.77. The number of hydrogen-bond acceptors (Lipinski definition) is 4. The maximum absolute atomic E-state index is 12.6. The van der Waals surface area contributed by atoms with E-state index in [2.05, 4.69) is 5.32 Å². The van der Waals surface area contributed by atoms with Gasteiger partial charge in [0.05, 0.1) is 12.0 Å². The van der Waals surface area contributed by atoms with Crippen molar-refractivity contribution in [3.63, 3.8) is 0 Å². The van der Waals surface area contributed by atoms with Gasteiger partial charge in [-0.15, -0.1) is 0 Å². The van der Waals surface area contributed by atoms with E-state index in [4.69, 9.17) is 4.74 Å². The number of amides is 2. The van der Waals surface area contributed by atoms with Crippen molar-refractivity contribution in [2.24, 2.45) is 11.8 Å². The molecule has 2 aliphatic heterocycles. The van der Waals surface area contributed by atoms with Crippen LogP contribution in [0, 0.1) is 25.7 Å². The number of carbonyl (C=O) groups excluding carboxylic acids is 2. The molecular weight excluding hydrogens is 344 g/mol. The highest BCUT2D eigenvalue weighted by atomic mass is 16.5. The van der Waals surface area contributed by atoms with Gasteiger partial charge in [0.25, 0.3) is 0 Å². The molecule has 27 heavy (non-hydrogen) atoms. The first-order valence-electron chi connectivity index (χ1n) is 9.87. The summed E-state index contributed by atoms with van der Waals surface area (Å²) in [6, 6.07) is 5.95. The van der Waals surface area contributed by atoms with E-state index in [9.17, 15) is 14.7 Å². The van der Waals surface area contributed by atoms with Crippen LogP contribution >= 0.6 is 0 Å². The van der Waals surface area contributed by atoms with Crippen molar-refractivity contribution in [2.75, 3.05) is 31.2 Å². The summed E-state index contributed by atoms with van der Waals surface area (Å²) < 4.78 is 5.31. The SMILES string of the molecule is Cc1ccc(N2CC(C(=O)NCC(O)C3CCOCC3)CCC2=O)cc1C. The fourth-order valence-corrected chi connectivity index (χ4v) is 3.82. The summed E-state index contributed by atoms with van der Waals surface area (Å²) in [4.78, 5) is 26.7. The Bertz CT molecular complexity index is 685. The van der Waals surface area contributed by atoms with Gasteiger partial charge in [-0.3, -0.25) is 9.59 Å². The number of piperidine rings is 1. The van der Waals surface area contributed by atoms with E-state index in [-0.39, 0.29) is 30.2 Å². The number of ether oxygens (including phenoxy) is 1. The summed E-state index contributed by atoms with van der Waals surface area (Å²) >= 11 is 0. The van der Waals surface area contributed by atoms with E-state index in [1.165, 1.54) is 5.56 Å². The molecule has 3 rings (SSSR count). The lowest BCUT2D eigenvalue weighted by molar-refractivity contribution is -0.128. The van der Waals surface area contributed by atoms with E-state index in [0.29, 0.717) is 32.6 Å². The second kappa shape index (κ2) is 8.85. The third-order valence-electron chi connectivity index (χ3n) is 5.88. The highest BCUT2D eigenvalue weighted by molar-refractivity contribution is 5.96. The van der Waals surface area contributed by atoms with Crippen molar-refractivity contribution in [1.29, 1.82) is 0 Å². The summed E-state index contributed by atoms with van der Waals surface area (Å²) in [5, 5.41) is 13.2. The first-order chi connectivity index (χ1) is 13.0. The zero-order valence-corrected chi connectivity index (χ0v) is 16.2. The molecule has 2 N–H and O–H groups in total. The molecule has 2 heterocycles. The highest BCUT2D eigenvalue weighted by Crippen LogP contribution is 2.26. The number of nitrogens with zero attached hydrogens (tertiary/aromatic N) is 1. The number of aliphatic hydroxyl groups is 1. The normalized spacial score (nSPS) is 22.6. The molecule has 0 spiro atoms. The van der Waals surface area contributed by atoms with Crippen molar-refractivity contribution < 1.29 is 19.4 Å². The van der Waals surface area contributed by atoms with E-state index >= 15 is 0 Å². The average Bonchev–Trinajstić information content (AvgIpc) is 2.69. The van der Waals surface area contributed by atoms with Crippen LogP contribution in [0.2, 0.25) is 0 Å². The number of carbonyl (C=O) groups is 2. The van der Waals surface area contributed by atoms with Crippen LogP contribution in [0.3, 0.4) is 0 Å². The van der Waals surface area contributed by atoms with Crippen LogP contribution in [0.4, 0.5) is 5.69 Å². The van der Waals surface area contributed by atoms with Crippen LogP contribution in [0.25, 0.3) is 0 Å². The smallest absolute Gasteiger partial charge is 0.227 e. The largest absolute Gasteiger partial charge is 0.391 e. The number of anilines is 1. The molecule has 2 aliphatic rings. The van der Waals surface area contributed by atoms with E-state index in [0.717, 1.165) is 24.1 Å². The summed E-state index contributed by atoms with van der Waals surface area (Å²) in [6.45, 7) is 6.06. The lowest BCUT2D eigenvalue weighted by atomic mass is 9.93. The Morgan fingerprint density at radius 1 is 1.26 bits per heavy atom. The van der Waals surface area contributed by atoms with Crippen molar-refractivity contribution in [1.82, 2.24) is 5.32 Å². The fourth-order valence-electron chi connectivity index (χ4n) is 3.82. The van der Waals surface area contributed by atoms with Crippen LogP contribution in [-0.2, 0) is 14.3 Å². The van der Waals surface area contributed by atoms with Crippen molar-refractivity contribution in [3.8, 4) is 0 Å². The Labute approximate surface area is 160 Å². The molecule has 0 radical (unpaired) electrons. The topological polar surface area (TPSA) is 78.9 Å². The van der Waals surface area contributed by atoms with Gasteiger partial charge in [-0.05, 0) is 62.3 Å². The van der Waals surface area contributed by atoms with Gasteiger partial charge in [0.15, 0.2) is 0 Å². The van der Waals surface area contributed by atoms with E-state index < -0.39 is 6.10 Å². The lowest BCUT2D eigenvalue weighted by Gasteiger charge is -2.33. The molecule has 2 amide bonds. The van der Waals surface area contributed by atoms with Gasteiger partial charge in [0.2, 0.25) is 11.8 Å². The zero-order valence-electron chi connectivity index (χ0n) is 16.2. The lowest BCUT2D eigenvalue weighted by Crippen LogP contribution is -2.47. The molecule has 148 valence electrons. The van der Waals surface area contributed by atoms with Gasteiger partial charge < -0.3 is 20.1 Å². The monoisotopic (exact) mass is 374 g/mol.